The van der Waals surface area contributed by atoms with Crippen molar-refractivity contribution in [1.29, 1.82) is 0 Å². The molecule has 3 rings (SSSR count). The zero-order chi connectivity index (χ0) is 21.9. The quantitative estimate of drug-likeness (QED) is 0.362. The fourth-order valence-corrected chi connectivity index (χ4v) is 6.50. The Kier molecular flexibility index (Phi) is 7.05. The minimum Gasteiger partial charge on any atom is -0.374 e. The van der Waals surface area contributed by atoms with Crippen LogP contribution in [0.5, 0.6) is 0 Å². The Labute approximate surface area is 179 Å². The number of carbonyl (C=O) groups is 1. The lowest BCUT2D eigenvalue weighted by atomic mass is 9.78. The van der Waals surface area contributed by atoms with Crippen molar-refractivity contribution in [2.24, 2.45) is 17.3 Å². The average Bonchev–Trinajstić information content (AvgIpc) is 3.30. The fraction of sp³-hybridized carbons (Fsp3) is 0.609. The van der Waals surface area contributed by atoms with E-state index in [1.165, 1.54) is 7.05 Å². The Morgan fingerprint density at radius 2 is 1.80 bits per heavy atom. The van der Waals surface area contributed by atoms with Gasteiger partial charge in [-0.1, -0.05) is 44.2 Å². The molecule has 2 fully saturated rings. The summed E-state index contributed by atoms with van der Waals surface area (Å²) in [6.45, 7) is 3.65. The molecule has 6 nitrogen and oxygen atoms in total. The van der Waals surface area contributed by atoms with E-state index in [2.05, 4.69) is 12.2 Å². The van der Waals surface area contributed by atoms with Gasteiger partial charge in [0.15, 0.2) is 9.84 Å². The van der Waals surface area contributed by atoms with Crippen LogP contribution < -0.4 is 0 Å². The van der Waals surface area contributed by atoms with E-state index in [-0.39, 0.29) is 35.7 Å². The first-order chi connectivity index (χ1) is 14.1. The predicted molar refractivity (Wildman–Crippen MR) is 115 cm³/mol. The molecule has 2 aliphatic rings. The molecule has 2 saturated heterocycles. The second-order valence-electron chi connectivity index (χ2n) is 9.17. The SMILES string of the molecule is CN(O)C(=O)C(C)(C)CC/C=C\C[C@@H]1[C@H](CS(=O)(=O)c2ccccc2)[C@@H]2CC[C@H]1O2. The van der Waals surface area contributed by atoms with Crippen LogP contribution in [0.2, 0.25) is 0 Å². The van der Waals surface area contributed by atoms with Gasteiger partial charge in [-0.3, -0.25) is 10.0 Å². The van der Waals surface area contributed by atoms with Gasteiger partial charge in [-0.25, -0.2) is 13.5 Å². The van der Waals surface area contributed by atoms with Gasteiger partial charge in [0.05, 0.1) is 22.9 Å². The van der Waals surface area contributed by atoms with Crippen LogP contribution in [-0.4, -0.2) is 49.6 Å². The molecule has 4 atom stereocenters. The zero-order valence-corrected chi connectivity index (χ0v) is 18.8. The molecule has 166 valence electrons. The molecular formula is C23H33NO5S. The van der Waals surface area contributed by atoms with Crippen LogP contribution in [0.1, 0.15) is 46.0 Å². The summed E-state index contributed by atoms with van der Waals surface area (Å²) >= 11 is 0. The van der Waals surface area contributed by atoms with Crippen molar-refractivity contribution in [3.8, 4) is 0 Å². The number of amides is 1. The molecule has 0 unspecified atom stereocenters. The first-order valence-corrected chi connectivity index (χ1v) is 12.3. The molecule has 30 heavy (non-hydrogen) atoms. The van der Waals surface area contributed by atoms with E-state index in [9.17, 15) is 18.4 Å². The molecule has 2 bridgehead atoms. The Morgan fingerprint density at radius 3 is 2.43 bits per heavy atom. The van der Waals surface area contributed by atoms with Crippen LogP contribution in [0.3, 0.4) is 0 Å². The number of allylic oxidation sites excluding steroid dienone is 2. The Bertz CT molecular complexity index is 863. The van der Waals surface area contributed by atoms with Gasteiger partial charge in [-0.15, -0.1) is 0 Å². The molecule has 0 spiro atoms. The average molecular weight is 436 g/mol. The molecule has 1 N–H and O–H groups in total. The minimum absolute atomic E-state index is 0.0136. The second-order valence-corrected chi connectivity index (χ2v) is 11.2. The number of rotatable bonds is 9. The maximum Gasteiger partial charge on any atom is 0.251 e. The zero-order valence-electron chi connectivity index (χ0n) is 18.0. The third-order valence-electron chi connectivity index (χ3n) is 6.49. The van der Waals surface area contributed by atoms with Crippen LogP contribution in [0.25, 0.3) is 0 Å². The molecule has 0 radical (unpaired) electrons. The summed E-state index contributed by atoms with van der Waals surface area (Å²) in [7, 11) is -2.00. The summed E-state index contributed by atoms with van der Waals surface area (Å²) in [5, 5.41) is 10.0. The molecule has 0 aliphatic carbocycles. The van der Waals surface area contributed by atoms with E-state index in [0.717, 1.165) is 25.7 Å². The Morgan fingerprint density at radius 1 is 1.17 bits per heavy atom. The van der Waals surface area contributed by atoms with E-state index in [0.29, 0.717) is 16.4 Å². The van der Waals surface area contributed by atoms with Crippen LogP contribution >= 0.6 is 0 Å². The summed E-state index contributed by atoms with van der Waals surface area (Å²) in [5.74, 6) is 0.0427. The van der Waals surface area contributed by atoms with Gasteiger partial charge in [0, 0.05) is 18.4 Å². The number of benzene rings is 1. The molecule has 2 heterocycles. The number of carbonyl (C=O) groups excluding carboxylic acids is 1. The second kappa shape index (κ2) is 9.20. The van der Waals surface area contributed by atoms with Crippen molar-refractivity contribution in [3.05, 3.63) is 42.5 Å². The lowest BCUT2D eigenvalue weighted by Gasteiger charge is -2.27. The van der Waals surface area contributed by atoms with E-state index in [1.54, 1.807) is 24.3 Å². The Hall–Kier alpha value is -1.70. The van der Waals surface area contributed by atoms with E-state index >= 15 is 0 Å². The molecule has 0 saturated carbocycles. The summed E-state index contributed by atoms with van der Waals surface area (Å²) in [6.07, 6.45) is 8.39. The topological polar surface area (TPSA) is 83.9 Å². The van der Waals surface area contributed by atoms with Crippen LogP contribution in [-0.2, 0) is 19.4 Å². The van der Waals surface area contributed by atoms with Crippen molar-refractivity contribution in [1.82, 2.24) is 5.06 Å². The van der Waals surface area contributed by atoms with E-state index in [1.807, 2.05) is 19.9 Å². The van der Waals surface area contributed by atoms with Gasteiger partial charge in [-0.05, 0) is 50.2 Å². The standard InChI is InChI=1S/C23H33NO5S/c1-23(2,22(25)24(3)26)15-9-5-8-12-18-19(21-14-13-20(18)29-21)16-30(27,28)17-10-6-4-7-11-17/h4-8,10-11,18-21,26H,9,12-16H2,1-3H3/b8-5-/t18-,19+,20-,21+/m1/s1. The summed E-state index contributed by atoms with van der Waals surface area (Å²) < 4.78 is 31.8. The molecule has 1 amide bonds. The number of hydrogen-bond donors (Lipinski definition) is 1. The number of nitrogens with zero attached hydrogens (tertiary/aromatic N) is 1. The molecule has 1 aromatic rings. The normalized spacial score (nSPS) is 26.4. The summed E-state index contributed by atoms with van der Waals surface area (Å²) in [4.78, 5) is 12.4. The van der Waals surface area contributed by atoms with Gasteiger partial charge in [0.1, 0.15) is 0 Å². The highest BCUT2D eigenvalue weighted by Crippen LogP contribution is 2.46. The van der Waals surface area contributed by atoms with Crippen molar-refractivity contribution in [3.63, 3.8) is 0 Å². The summed E-state index contributed by atoms with van der Waals surface area (Å²) in [6, 6.07) is 8.65. The van der Waals surface area contributed by atoms with Gasteiger partial charge < -0.3 is 4.74 Å². The highest BCUT2D eigenvalue weighted by molar-refractivity contribution is 7.91. The van der Waals surface area contributed by atoms with E-state index in [4.69, 9.17) is 4.74 Å². The van der Waals surface area contributed by atoms with Crippen LogP contribution in [0.4, 0.5) is 0 Å². The fourth-order valence-electron chi connectivity index (χ4n) is 4.77. The van der Waals surface area contributed by atoms with Crippen molar-refractivity contribution in [2.45, 2.75) is 63.1 Å². The molecule has 1 aromatic carbocycles. The number of sulfone groups is 1. The minimum atomic E-state index is -3.34. The lowest BCUT2D eigenvalue weighted by Crippen LogP contribution is -2.36. The molecule has 0 aromatic heterocycles. The maximum atomic E-state index is 12.9. The Balaban J connectivity index is 1.58. The first-order valence-electron chi connectivity index (χ1n) is 10.7. The van der Waals surface area contributed by atoms with Crippen LogP contribution in [0.15, 0.2) is 47.4 Å². The van der Waals surface area contributed by atoms with Crippen molar-refractivity contribution < 1.29 is 23.2 Å². The highest BCUT2D eigenvalue weighted by atomic mass is 32.2. The smallest absolute Gasteiger partial charge is 0.251 e. The number of hydrogen-bond acceptors (Lipinski definition) is 5. The predicted octanol–water partition coefficient (Wildman–Crippen LogP) is 3.85. The number of ether oxygens (including phenoxy) is 1. The molecule has 7 heteroatoms. The van der Waals surface area contributed by atoms with Crippen LogP contribution in [0, 0.1) is 17.3 Å². The molecule has 2 aliphatic heterocycles. The molecular weight excluding hydrogens is 402 g/mol. The van der Waals surface area contributed by atoms with E-state index < -0.39 is 15.3 Å². The number of hydroxylamine groups is 2. The lowest BCUT2D eigenvalue weighted by molar-refractivity contribution is -0.169. The van der Waals surface area contributed by atoms with Gasteiger partial charge in [-0.2, -0.15) is 0 Å². The third-order valence-corrected chi connectivity index (χ3v) is 8.30. The first kappa shape index (κ1) is 23.0. The van der Waals surface area contributed by atoms with Gasteiger partial charge in [0.2, 0.25) is 0 Å². The van der Waals surface area contributed by atoms with Gasteiger partial charge >= 0.3 is 0 Å². The maximum absolute atomic E-state index is 12.9. The van der Waals surface area contributed by atoms with Crippen molar-refractivity contribution in [2.75, 3.05) is 12.8 Å². The largest absolute Gasteiger partial charge is 0.374 e. The monoisotopic (exact) mass is 435 g/mol. The number of fused-ring (bicyclic) bond motifs is 2. The summed E-state index contributed by atoms with van der Waals surface area (Å²) in [5.41, 5.74) is -0.629. The third kappa shape index (κ3) is 5.13. The highest BCUT2D eigenvalue weighted by Gasteiger charge is 2.49. The van der Waals surface area contributed by atoms with Crippen molar-refractivity contribution >= 4 is 15.7 Å². The van der Waals surface area contributed by atoms with Gasteiger partial charge in [0.25, 0.3) is 5.91 Å².